The van der Waals surface area contributed by atoms with Crippen LogP contribution in [-0.2, 0) is 11.3 Å². The minimum atomic E-state index is -0.572. The van der Waals surface area contributed by atoms with Gasteiger partial charge in [0.15, 0.2) is 0 Å². The van der Waals surface area contributed by atoms with Crippen molar-refractivity contribution in [3.63, 3.8) is 0 Å². The number of amides is 2. The summed E-state index contributed by atoms with van der Waals surface area (Å²) in [7, 11) is 0. The standard InChI is InChI=1S/C20H24ClFN4O2/c1-14-23-7-10-24(14)11-12-26(15(2)27)17-5-8-25(9-6-17)20(28)18-13-16(21)3-4-19(18)22/h3-4,7,10,13,17H,5-6,8-9,11-12H2,1-2H3. The predicted molar refractivity (Wildman–Crippen MR) is 105 cm³/mol. The number of benzene rings is 1. The van der Waals surface area contributed by atoms with Gasteiger partial charge < -0.3 is 14.4 Å². The van der Waals surface area contributed by atoms with Crippen LogP contribution in [0, 0.1) is 12.7 Å². The van der Waals surface area contributed by atoms with E-state index in [9.17, 15) is 14.0 Å². The maximum Gasteiger partial charge on any atom is 0.256 e. The van der Waals surface area contributed by atoms with E-state index < -0.39 is 5.82 Å². The molecule has 1 aromatic heterocycles. The number of nitrogens with zero attached hydrogens (tertiary/aromatic N) is 4. The molecular formula is C20H24ClFN4O2. The Kier molecular flexibility index (Phi) is 6.34. The molecule has 0 bridgehead atoms. The summed E-state index contributed by atoms with van der Waals surface area (Å²) in [5.74, 6) is -0.00431. The van der Waals surface area contributed by atoms with Gasteiger partial charge in [0.1, 0.15) is 11.6 Å². The minimum absolute atomic E-state index is 0.00930. The molecule has 1 aliphatic rings. The van der Waals surface area contributed by atoms with E-state index in [-0.39, 0.29) is 23.4 Å². The quantitative estimate of drug-likeness (QED) is 0.766. The van der Waals surface area contributed by atoms with Gasteiger partial charge in [-0.05, 0) is 38.0 Å². The van der Waals surface area contributed by atoms with Gasteiger partial charge in [-0.3, -0.25) is 9.59 Å². The molecule has 0 aliphatic carbocycles. The molecule has 1 fully saturated rings. The monoisotopic (exact) mass is 406 g/mol. The van der Waals surface area contributed by atoms with E-state index >= 15 is 0 Å². The highest BCUT2D eigenvalue weighted by Gasteiger charge is 2.29. The number of rotatable bonds is 5. The van der Waals surface area contributed by atoms with E-state index in [1.165, 1.54) is 18.2 Å². The Hall–Kier alpha value is -2.41. The van der Waals surface area contributed by atoms with E-state index in [2.05, 4.69) is 4.98 Å². The van der Waals surface area contributed by atoms with Gasteiger partial charge in [0.2, 0.25) is 5.91 Å². The number of carbonyl (C=O) groups excluding carboxylic acids is 2. The molecule has 1 aromatic carbocycles. The molecule has 150 valence electrons. The number of halogens is 2. The van der Waals surface area contributed by atoms with Gasteiger partial charge in [0.05, 0.1) is 5.56 Å². The Morgan fingerprint density at radius 3 is 2.64 bits per heavy atom. The van der Waals surface area contributed by atoms with E-state index in [1.54, 1.807) is 18.0 Å². The fourth-order valence-corrected chi connectivity index (χ4v) is 3.84. The number of imidazole rings is 1. The van der Waals surface area contributed by atoms with Gasteiger partial charge in [0.25, 0.3) is 5.91 Å². The number of aromatic nitrogens is 2. The first-order valence-electron chi connectivity index (χ1n) is 9.36. The first-order chi connectivity index (χ1) is 13.4. The zero-order chi connectivity index (χ0) is 20.3. The fraction of sp³-hybridized carbons (Fsp3) is 0.450. The van der Waals surface area contributed by atoms with Crippen molar-refractivity contribution in [2.24, 2.45) is 0 Å². The topological polar surface area (TPSA) is 58.4 Å². The lowest BCUT2D eigenvalue weighted by molar-refractivity contribution is -0.132. The molecule has 0 spiro atoms. The normalized spacial score (nSPS) is 14.9. The van der Waals surface area contributed by atoms with Crippen molar-refractivity contribution in [3.8, 4) is 0 Å². The van der Waals surface area contributed by atoms with Crippen molar-refractivity contribution in [1.82, 2.24) is 19.4 Å². The average molecular weight is 407 g/mol. The maximum atomic E-state index is 14.0. The molecule has 1 saturated heterocycles. The highest BCUT2D eigenvalue weighted by Crippen LogP contribution is 2.22. The van der Waals surface area contributed by atoms with Gasteiger partial charge >= 0.3 is 0 Å². The van der Waals surface area contributed by atoms with Crippen LogP contribution in [0.15, 0.2) is 30.6 Å². The summed E-state index contributed by atoms with van der Waals surface area (Å²) in [6.45, 7) is 5.72. The van der Waals surface area contributed by atoms with Gasteiger partial charge in [-0.15, -0.1) is 0 Å². The molecule has 3 rings (SSSR count). The van der Waals surface area contributed by atoms with Crippen LogP contribution >= 0.6 is 11.6 Å². The highest BCUT2D eigenvalue weighted by molar-refractivity contribution is 6.31. The molecule has 0 N–H and O–H groups in total. The summed E-state index contributed by atoms with van der Waals surface area (Å²) < 4.78 is 16.0. The van der Waals surface area contributed by atoms with Crippen molar-refractivity contribution in [1.29, 1.82) is 0 Å². The summed E-state index contributed by atoms with van der Waals surface area (Å²) in [6.07, 6.45) is 4.97. The van der Waals surface area contributed by atoms with Gasteiger partial charge in [-0.2, -0.15) is 0 Å². The van der Waals surface area contributed by atoms with E-state index in [4.69, 9.17) is 11.6 Å². The molecular weight excluding hydrogens is 383 g/mol. The fourth-order valence-electron chi connectivity index (χ4n) is 3.66. The molecule has 0 unspecified atom stereocenters. The largest absolute Gasteiger partial charge is 0.338 e. The van der Waals surface area contributed by atoms with Gasteiger partial charge in [-0.1, -0.05) is 11.6 Å². The van der Waals surface area contributed by atoms with Crippen LogP contribution in [-0.4, -0.2) is 56.8 Å². The van der Waals surface area contributed by atoms with Crippen LogP contribution in [0.2, 0.25) is 5.02 Å². The van der Waals surface area contributed by atoms with Crippen LogP contribution in [0.25, 0.3) is 0 Å². The molecule has 2 amide bonds. The summed E-state index contributed by atoms with van der Waals surface area (Å²) in [4.78, 5) is 32.5. The van der Waals surface area contributed by atoms with Crippen molar-refractivity contribution < 1.29 is 14.0 Å². The Morgan fingerprint density at radius 1 is 1.32 bits per heavy atom. The van der Waals surface area contributed by atoms with E-state index in [0.717, 1.165) is 5.82 Å². The first kappa shape index (κ1) is 20.3. The summed E-state index contributed by atoms with van der Waals surface area (Å²) in [5, 5.41) is 0.331. The molecule has 2 heterocycles. The number of piperidine rings is 1. The lowest BCUT2D eigenvalue weighted by Gasteiger charge is -2.38. The summed E-state index contributed by atoms with van der Waals surface area (Å²) >= 11 is 5.90. The molecule has 0 atom stereocenters. The number of likely N-dealkylation sites (tertiary alicyclic amines) is 1. The molecule has 28 heavy (non-hydrogen) atoms. The second-order valence-electron chi connectivity index (χ2n) is 7.03. The Balaban J connectivity index is 1.61. The maximum absolute atomic E-state index is 14.0. The van der Waals surface area contributed by atoms with E-state index in [0.29, 0.717) is 44.0 Å². The highest BCUT2D eigenvalue weighted by atomic mass is 35.5. The summed E-state index contributed by atoms with van der Waals surface area (Å²) in [5.41, 5.74) is -0.00930. The smallest absolute Gasteiger partial charge is 0.256 e. The SMILES string of the molecule is CC(=O)N(CCn1ccnc1C)C1CCN(C(=O)c2cc(Cl)ccc2F)CC1. The molecule has 8 heteroatoms. The molecule has 6 nitrogen and oxygen atoms in total. The molecule has 0 saturated carbocycles. The second kappa shape index (κ2) is 8.73. The zero-order valence-electron chi connectivity index (χ0n) is 16.1. The Bertz CT molecular complexity index is 862. The van der Waals surface area contributed by atoms with Crippen molar-refractivity contribution in [2.75, 3.05) is 19.6 Å². The zero-order valence-corrected chi connectivity index (χ0v) is 16.8. The summed E-state index contributed by atoms with van der Waals surface area (Å²) in [6, 6.07) is 4.06. The second-order valence-corrected chi connectivity index (χ2v) is 7.46. The first-order valence-corrected chi connectivity index (χ1v) is 9.74. The van der Waals surface area contributed by atoms with Crippen LogP contribution in [0.1, 0.15) is 35.9 Å². The molecule has 2 aromatic rings. The Labute approximate surface area is 168 Å². The van der Waals surface area contributed by atoms with Gasteiger partial charge in [-0.25, -0.2) is 9.37 Å². The van der Waals surface area contributed by atoms with Crippen molar-refractivity contribution in [3.05, 3.63) is 52.8 Å². The van der Waals surface area contributed by atoms with Crippen LogP contribution < -0.4 is 0 Å². The average Bonchev–Trinajstić information content (AvgIpc) is 3.08. The third-order valence-electron chi connectivity index (χ3n) is 5.26. The number of hydrogen-bond donors (Lipinski definition) is 0. The Morgan fingerprint density at radius 2 is 2.04 bits per heavy atom. The lowest BCUT2D eigenvalue weighted by Crippen LogP contribution is -2.49. The molecule has 1 aliphatic heterocycles. The third kappa shape index (κ3) is 4.52. The number of aryl methyl sites for hydroxylation is 1. The van der Waals surface area contributed by atoms with E-state index in [1.807, 2.05) is 22.6 Å². The van der Waals surface area contributed by atoms with Crippen LogP contribution in [0.3, 0.4) is 0 Å². The van der Waals surface area contributed by atoms with Crippen LogP contribution in [0.5, 0.6) is 0 Å². The minimum Gasteiger partial charge on any atom is -0.338 e. The third-order valence-corrected chi connectivity index (χ3v) is 5.50. The number of hydrogen-bond acceptors (Lipinski definition) is 3. The van der Waals surface area contributed by atoms with Crippen LogP contribution in [0.4, 0.5) is 4.39 Å². The number of carbonyl (C=O) groups is 2. The molecule has 0 radical (unpaired) electrons. The van der Waals surface area contributed by atoms with Gasteiger partial charge in [0, 0.05) is 56.6 Å². The predicted octanol–water partition coefficient (Wildman–Crippen LogP) is 3.14. The van der Waals surface area contributed by atoms with Crippen molar-refractivity contribution >= 4 is 23.4 Å². The van der Waals surface area contributed by atoms with Crippen molar-refractivity contribution in [2.45, 2.75) is 39.3 Å². The lowest BCUT2D eigenvalue weighted by atomic mass is 10.0.